The Morgan fingerprint density at radius 3 is 2.49 bits per heavy atom. The molecule has 8 nitrogen and oxygen atoms in total. The van der Waals surface area contributed by atoms with Crippen LogP contribution in [0.3, 0.4) is 0 Å². The Balaban J connectivity index is 1.56. The van der Waals surface area contributed by atoms with E-state index < -0.39 is 0 Å². The van der Waals surface area contributed by atoms with Gasteiger partial charge in [-0.25, -0.2) is 9.97 Å². The second-order valence-electron chi connectivity index (χ2n) is 8.36. The number of amides is 1. The third-order valence-electron chi connectivity index (χ3n) is 5.70. The molecule has 2 aromatic heterocycles. The molecule has 0 unspecified atom stereocenters. The molecule has 0 spiro atoms. The third-order valence-corrected chi connectivity index (χ3v) is 6.79. The molecule has 0 saturated carbocycles. The van der Waals surface area contributed by atoms with E-state index in [1.54, 1.807) is 31.6 Å². The van der Waals surface area contributed by atoms with Crippen molar-refractivity contribution in [2.45, 2.75) is 32.7 Å². The van der Waals surface area contributed by atoms with Crippen LogP contribution in [0.2, 0.25) is 0 Å². The molecule has 0 radical (unpaired) electrons. The molecular weight excluding hydrogens is 464 g/mol. The van der Waals surface area contributed by atoms with Crippen molar-refractivity contribution in [3.8, 4) is 17.2 Å². The van der Waals surface area contributed by atoms with Crippen LogP contribution in [0.1, 0.15) is 31.7 Å². The summed E-state index contributed by atoms with van der Waals surface area (Å²) in [5, 5.41) is 0.581. The van der Waals surface area contributed by atoms with Crippen molar-refractivity contribution in [1.29, 1.82) is 0 Å². The van der Waals surface area contributed by atoms with Gasteiger partial charge < -0.3 is 18.8 Å². The van der Waals surface area contributed by atoms with Crippen molar-refractivity contribution in [3.05, 3.63) is 60.7 Å². The number of thiazole rings is 1. The molecule has 35 heavy (non-hydrogen) atoms. The Bertz CT molecular complexity index is 1210. The first-order valence-corrected chi connectivity index (χ1v) is 12.3. The number of hydrogen-bond acceptors (Lipinski definition) is 7. The van der Waals surface area contributed by atoms with Crippen molar-refractivity contribution in [1.82, 2.24) is 14.5 Å². The average Bonchev–Trinajstić information content (AvgIpc) is 3.55. The Labute approximate surface area is 209 Å². The van der Waals surface area contributed by atoms with Gasteiger partial charge in [-0.2, -0.15) is 0 Å². The van der Waals surface area contributed by atoms with Gasteiger partial charge in [-0.05, 0) is 42.2 Å². The quantitative estimate of drug-likeness (QED) is 0.287. The van der Waals surface area contributed by atoms with E-state index in [0.29, 0.717) is 40.4 Å². The van der Waals surface area contributed by atoms with E-state index >= 15 is 0 Å². The van der Waals surface area contributed by atoms with Gasteiger partial charge in [-0.3, -0.25) is 9.69 Å². The number of imidazole rings is 1. The van der Waals surface area contributed by atoms with Gasteiger partial charge in [-0.1, -0.05) is 37.3 Å². The Morgan fingerprint density at radius 2 is 1.83 bits per heavy atom. The number of aromatic nitrogens is 3. The van der Waals surface area contributed by atoms with E-state index in [1.807, 2.05) is 47.2 Å². The Hall–Kier alpha value is -3.59. The topological polar surface area (TPSA) is 78.7 Å². The van der Waals surface area contributed by atoms with Gasteiger partial charge in [0.15, 0.2) is 11.7 Å². The van der Waals surface area contributed by atoms with Crippen LogP contribution >= 0.6 is 11.3 Å². The molecule has 184 valence electrons. The smallest absolute Gasteiger partial charge is 0.266 e. The lowest BCUT2D eigenvalue weighted by Crippen LogP contribution is -2.36. The van der Waals surface area contributed by atoms with Crippen LogP contribution in [-0.4, -0.2) is 47.8 Å². The standard InChI is InChI=1S/C26H30N4O4S/c1-18(2)19-6-8-20(9-7-19)34-16-23(31)30(14-5-13-29-15-12-27-17-29)26-28-24-21(32-3)10-11-22(33-4)25(24)35-26/h6-12,15,17-18H,5,13-14,16H2,1-4H3. The normalized spacial score (nSPS) is 11.1. The zero-order chi connectivity index (χ0) is 24.8. The fraction of sp³-hybridized carbons (Fsp3) is 0.346. The minimum Gasteiger partial charge on any atom is -0.495 e. The summed E-state index contributed by atoms with van der Waals surface area (Å²) in [4.78, 5) is 23.9. The number of nitrogens with zero attached hydrogens (tertiary/aromatic N) is 4. The highest BCUT2D eigenvalue weighted by Crippen LogP contribution is 2.40. The number of carbonyl (C=O) groups is 1. The monoisotopic (exact) mass is 494 g/mol. The first-order chi connectivity index (χ1) is 17.0. The SMILES string of the molecule is COc1ccc(OC)c2sc(N(CCCn3ccnc3)C(=O)COc3ccc(C(C)C)cc3)nc12. The van der Waals surface area contributed by atoms with Gasteiger partial charge in [0.2, 0.25) is 0 Å². The van der Waals surface area contributed by atoms with Crippen molar-refractivity contribution < 1.29 is 19.0 Å². The van der Waals surface area contributed by atoms with E-state index in [1.165, 1.54) is 16.9 Å². The number of hydrogen-bond donors (Lipinski definition) is 0. The molecule has 0 N–H and O–H groups in total. The van der Waals surface area contributed by atoms with E-state index in [9.17, 15) is 4.79 Å². The number of aryl methyl sites for hydroxylation is 1. The molecule has 4 rings (SSSR count). The molecular formula is C26H30N4O4S. The lowest BCUT2D eigenvalue weighted by Gasteiger charge is -2.20. The van der Waals surface area contributed by atoms with E-state index in [-0.39, 0.29) is 12.5 Å². The highest BCUT2D eigenvalue weighted by Gasteiger charge is 2.23. The van der Waals surface area contributed by atoms with Gasteiger partial charge in [0, 0.05) is 25.5 Å². The maximum absolute atomic E-state index is 13.4. The van der Waals surface area contributed by atoms with E-state index in [2.05, 4.69) is 18.8 Å². The van der Waals surface area contributed by atoms with Crippen LogP contribution in [0, 0.1) is 0 Å². The molecule has 0 bridgehead atoms. The molecule has 0 aliphatic heterocycles. The highest BCUT2D eigenvalue weighted by molar-refractivity contribution is 7.22. The van der Waals surface area contributed by atoms with Gasteiger partial charge >= 0.3 is 0 Å². The molecule has 0 atom stereocenters. The summed E-state index contributed by atoms with van der Waals surface area (Å²) in [6.07, 6.45) is 6.15. The average molecular weight is 495 g/mol. The molecule has 0 aliphatic carbocycles. The van der Waals surface area contributed by atoms with Crippen LogP contribution in [0.15, 0.2) is 55.1 Å². The van der Waals surface area contributed by atoms with Crippen molar-refractivity contribution >= 4 is 32.6 Å². The van der Waals surface area contributed by atoms with Crippen LogP contribution in [0.25, 0.3) is 10.2 Å². The zero-order valence-corrected chi connectivity index (χ0v) is 21.2. The maximum atomic E-state index is 13.4. The van der Waals surface area contributed by atoms with Crippen LogP contribution in [-0.2, 0) is 11.3 Å². The largest absolute Gasteiger partial charge is 0.495 e. The number of rotatable bonds is 11. The number of methoxy groups -OCH3 is 2. The van der Waals surface area contributed by atoms with Gasteiger partial charge in [0.25, 0.3) is 5.91 Å². The first-order valence-electron chi connectivity index (χ1n) is 11.5. The Kier molecular flexibility index (Phi) is 7.87. The third kappa shape index (κ3) is 5.74. The summed E-state index contributed by atoms with van der Waals surface area (Å²) in [7, 11) is 3.22. The molecule has 9 heteroatoms. The number of fused-ring (bicyclic) bond motifs is 1. The fourth-order valence-electron chi connectivity index (χ4n) is 3.72. The maximum Gasteiger partial charge on any atom is 0.266 e. The predicted octanol–water partition coefficient (Wildman–Crippen LogP) is 5.14. The molecule has 1 amide bonds. The molecule has 0 fully saturated rings. The second kappa shape index (κ2) is 11.2. The van der Waals surface area contributed by atoms with Crippen molar-refractivity contribution in [2.75, 3.05) is 32.3 Å². The molecule has 0 saturated heterocycles. The number of carbonyl (C=O) groups excluding carboxylic acids is 1. The van der Waals surface area contributed by atoms with Crippen molar-refractivity contribution in [3.63, 3.8) is 0 Å². The fourth-order valence-corrected chi connectivity index (χ4v) is 4.84. The van der Waals surface area contributed by atoms with Crippen LogP contribution in [0.4, 0.5) is 5.13 Å². The molecule has 4 aromatic rings. The van der Waals surface area contributed by atoms with Gasteiger partial charge in [0.05, 0.1) is 20.5 Å². The second-order valence-corrected chi connectivity index (χ2v) is 9.33. The molecule has 2 aromatic carbocycles. The van der Waals surface area contributed by atoms with Crippen molar-refractivity contribution in [2.24, 2.45) is 0 Å². The summed E-state index contributed by atoms with van der Waals surface area (Å²) >= 11 is 1.40. The first kappa shape index (κ1) is 24.5. The van der Waals surface area contributed by atoms with Gasteiger partial charge in [0.1, 0.15) is 27.5 Å². The number of anilines is 1. The molecule has 0 aliphatic rings. The van der Waals surface area contributed by atoms with E-state index in [4.69, 9.17) is 19.2 Å². The minimum atomic E-state index is -0.166. The highest BCUT2D eigenvalue weighted by atomic mass is 32.1. The summed E-state index contributed by atoms with van der Waals surface area (Å²) < 4.78 is 19.7. The zero-order valence-electron chi connectivity index (χ0n) is 20.4. The number of ether oxygens (including phenoxy) is 3. The minimum absolute atomic E-state index is 0.0870. The summed E-state index contributed by atoms with van der Waals surface area (Å²) in [6.45, 7) is 5.42. The Morgan fingerprint density at radius 1 is 1.09 bits per heavy atom. The van der Waals surface area contributed by atoms with Gasteiger partial charge in [-0.15, -0.1) is 0 Å². The summed E-state index contributed by atoms with van der Waals surface area (Å²) in [5.74, 6) is 2.26. The van der Waals surface area contributed by atoms with Crippen LogP contribution < -0.4 is 19.1 Å². The lowest BCUT2D eigenvalue weighted by atomic mass is 10.0. The van der Waals surface area contributed by atoms with Crippen LogP contribution in [0.5, 0.6) is 17.2 Å². The number of benzene rings is 2. The van der Waals surface area contributed by atoms with E-state index in [0.717, 1.165) is 17.7 Å². The summed E-state index contributed by atoms with van der Waals surface area (Å²) in [5.41, 5.74) is 1.90. The predicted molar refractivity (Wildman–Crippen MR) is 138 cm³/mol. The summed E-state index contributed by atoms with van der Waals surface area (Å²) in [6, 6.07) is 11.5. The molecule has 2 heterocycles. The lowest BCUT2D eigenvalue weighted by molar-refractivity contribution is -0.120.